The Bertz CT molecular complexity index is 567. The van der Waals surface area contributed by atoms with Crippen LogP contribution in [0.25, 0.3) is 0 Å². The molecule has 0 fully saturated rings. The van der Waals surface area contributed by atoms with E-state index in [-0.39, 0.29) is 0 Å². The second-order valence-electron chi connectivity index (χ2n) is 4.59. The van der Waals surface area contributed by atoms with Gasteiger partial charge in [-0.15, -0.1) is 0 Å². The van der Waals surface area contributed by atoms with Crippen LogP contribution in [0.3, 0.4) is 0 Å². The van der Waals surface area contributed by atoms with E-state index in [1.54, 1.807) is 0 Å². The standard InChI is InChI=1S/C17H20ClNO2/c1-3-20-15-9-4-5-10-16(15)21-12-11-19-17-13(2)7-6-8-14(17)18/h4-10,19H,3,11-12H2,1-2H3. The summed E-state index contributed by atoms with van der Waals surface area (Å²) in [6, 6.07) is 13.5. The predicted molar refractivity (Wildman–Crippen MR) is 87.8 cm³/mol. The number of halogens is 1. The highest BCUT2D eigenvalue weighted by Gasteiger charge is 2.05. The average Bonchev–Trinajstić information content (AvgIpc) is 2.48. The molecule has 0 spiro atoms. The lowest BCUT2D eigenvalue weighted by molar-refractivity contribution is 0.284. The number of benzene rings is 2. The van der Waals surface area contributed by atoms with Crippen LogP contribution in [0, 0.1) is 6.92 Å². The second-order valence-corrected chi connectivity index (χ2v) is 4.99. The van der Waals surface area contributed by atoms with Gasteiger partial charge in [0.1, 0.15) is 6.61 Å². The number of ether oxygens (including phenoxy) is 2. The largest absolute Gasteiger partial charge is 0.490 e. The molecule has 0 aliphatic rings. The molecule has 2 rings (SSSR count). The summed E-state index contributed by atoms with van der Waals surface area (Å²) in [5.41, 5.74) is 2.08. The van der Waals surface area contributed by atoms with Crippen LogP contribution in [0.1, 0.15) is 12.5 Å². The highest BCUT2D eigenvalue weighted by molar-refractivity contribution is 6.33. The van der Waals surface area contributed by atoms with Crippen LogP contribution >= 0.6 is 11.6 Å². The molecule has 112 valence electrons. The Morgan fingerprint density at radius 2 is 1.71 bits per heavy atom. The molecule has 0 amide bonds. The van der Waals surface area contributed by atoms with Crippen molar-refractivity contribution in [1.82, 2.24) is 0 Å². The van der Waals surface area contributed by atoms with E-state index in [4.69, 9.17) is 21.1 Å². The van der Waals surface area contributed by atoms with Gasteiger partial charge in [-0.2, -0.15) is 0 Å². The maximum Gasteiger partial charge on any atom is 0.161 e. The topological polar surface area (TPSA) is 30.5 Å². The Balaban J connectivity index is 1.88. The van der Waals surface area contributed by atoms with Crippen molar-refractivity contribution in [3.63, 3.8) is 0 Å². The first-order valence-corrected chi connectivity index (χ1v) is 7.43. The highest BCUT2D eigenvalue weighted by atomic mass is 35.5. The van der Waals surface area contributed by atoms with Gasteiger partial charge in [-0.25, -0.2) is 0 Å². The van der Waals surface area contributed by atoms with Crippen LogP contribution in [-0.2, 0) is 0 Å². The van der Waals surface area contributed by atoms with Crippen LogP contribution in [0.2, 0.25) is 5.02 Å². The SMILES string of the molecule is CCOc1ccccc1OCCNc1c(C)cccc1Cl. The van der Waals surface area contributed by atoms with Gasteiger partial charge in [0.05, 0.1) is 17.3 Å². The number of nitrogens with one attached hydrogen (secondary N) is 1. The zero-order chi connectivity index (χ0) is 15.1. The smallest absolute Gasteiger partial charge is 0.161 e. The molecule has 1 N–H and O–H groups in total. The summed E-state index contributed by atoms with van der Waals surface area (Å²) in [6.45, 7) is 5.81. The second kappa shape index (κ2) is 7.79. The van der Waals surface area contributed by atoms with Gasteiger partial charge in [0, 0.05) is 6.54 Å². The molecular formula is C17H20ClNO2. The zero-order valence-electron chi connectivity index (χ0n) is 12.4. The molecule has 0 unspecified atom stereocenters. The summed E-state index contributed by atoms with van der Waals surface area (Å²) in [5, 5.41) is 4.03. The summed E-state index contributed by atoms with van der Waals surface area (Å²) < 4.78 is 11.3. The monoisotopic (exact) mass is 305 g/mol. The summed E-state index contributed by atoms with van der Waals surface area (Å²) in [7, 11) is 0. The van der Waals surface area contributed by atoms with E-state index < -0.39 is 0 Å². The summed E-state index contributed by atoms with van der Waals surface area (Å²) in [5.74, 6) is 1.53. The molecule has 0 aromatic heterocycles. The van der Waals surface area contributed by atoms with Crippen molar-refractivity contribution in [2.24, 2.45) is 0 Å². The van der Waals surface area contributed by atoms with E-state index in [9.17, 15) is 0 Å². The Morgan fingerprint density at radius 1 is 1.00 bits per heavy atom. The van der Waals surface area contributed by atoms with E-state index >= 15 is 0 Å². The van der Waals surface area contributed by atoms with Crippen molar-refractivity contribution in [3.8, 4) is 11.5 Å². The van der Waals surface area contributed by atoms with Gasteiger partial charge >= 0.3 is 0 Å². The third kappa shape index (κ3) is 4.30. The van der Waals surface area contributed by atoms with Gasteiger partial charge in [0.2, 0.25) is 0 Å². The molecule has 0 heterocycles. The maximum atomic E-state index is 6.17. The minimum atomic E-state index is 0.536. The van der Waals surface area contributed by atoms with E-state index in [1.807, 2.05) is 56.3 Å². The van der Waals surface area contributed by atoms with Crippen LogP contribution in [0.5, 0.6) is 11.5 Å². The number of anilines is 1. The van der Waals surface area contributed by atoms with Crippen molar-refractivity contribution < 1.29 is 9.47 Å². The third-order valence-corrected chi connectivity index (χ3v) is 3.35. The van der Waals surface area contributed by atoms with Crippen molar-refractivity contribution >= 4 is 17.3 Å². The van der Waals surface area contributed by atoms with Gasteiger partial charge < -0.3 is 14.8 Å². The molecular weight excluding hydrogens is 286 g/mol. The van der Waals surface area contributed by atoms with Gasteiger partial charge in [0.25, 0.3) is 0 Å². The normalized spacial score (nSPS) is 10.2. The van der Waals surface area contributed by atoms with E-state index in [0.717, 1.165) is 27.8 Å². The van der Waals surface area contributed by atoms with Crippen molar-refractivity contribution in [2.75, 3.05) is 25.1 Å². The van der Waals surface area contributed by atoms with Crippen LogP contribution < -0.4 is 14.8 Å². The number of aryl methyl sites for hydroxylation is 1. The van der Waals surface area contributed by atoms with Crippen molar-refractivity contribution in [3.05, 3.63) is 53.1 Å². The molecule has 4 heteroatoms. The lowest BCUT2D eigenvalue weighted by Gasteiger charge is -2.14. The van der Waals surface area contributed by atoms with E-state index in [0.29, 0.717) is 19.8 Å². The predicted octanol–water partition coefficient (Wildman–Crippen LogP) is 4.54. The van der Waals surface area contributed by atoms with Crippen molar-refractivity contribution in [1.29, 1.82) is 0 Å². The van der Waals surface area contributed by atoms with Crippen LogP contribution in [0.4, 0.5) is 5.69 Å². The van der Waals surface area contributed by atoms with Gasteiger partial charge in [-0.05, 0) is 37.6 Å². The molecule has 2 aromatic carbocycles. The fourth-order valence-corrected chi connectivity index (χ4v) is 2.33. The molecule has 21 heavy (non-hydrogen) atoms. The summed E-state index contributed by atoms with van der Waals surface area (Å²) in [4.78, 5) is 0. The number of para-hydroxylation sites is 3. The van der Waals surface area contributed by atoms with Crippen LogP contribution in [0.15, 0.2) is 42.5 Å². The lowest BCUT2D eigenvalue weighted by Crippen LogP contribution is -2.13. The molecule has 0 radical (unpaired) electrons. The Hall–Kier alpha value is -1.87. The molecule has 2 aromatic rings. The van der Waals surface area contributed by atoms with Gasteiger partial charge in [-0.1, -0.05) is 35.9 Å². The molecule has 0 bridgehead atoms. The first-order valence-electron chi connectivity index (χ1n) is 7.06. The molecule has 0 saturated heterocycles. The quantitative estimate of drug-likeness (QED) is 0.762. The minimum Gasteiger partial charge on any atom is -0.490 e. The maximum absolute atomic E-state index is 6.17. The van der Waals surface area contributed by atoms with E-state index in [1.165, 1.54) is 0 Å². The fourth-order valence-electron chi connectivity index (χ4n) is 2.04. The number of hydrogen-bond donors (Lipinski definition) is 1. The van der Waals surface area contributed by atoms with Crippen molar-refractivity contribution in [2.45, 2.75) is 13.8 Å². The molecule has 0 aliphatic heterocycles. The summed E-state index contributed by atoms with van der Waals surface area (Å²) in [6.07, 6.45) is 0. The fraction of sp³-hybridized carbons (Fsp3) is 0.294. The Labute approximate surface area is 130 Å². The first kappa shape index (κ1) is 15.5. The van der Waals surface area contributed by atoms with E-state index in [2.05, 4.69) is 5.32 Å². The highest BCUT2D eigenvalue weighted by Crippen LogP contribution is 2.27. The molecule has 3 nitrogen and oxygen atoms in total. The zero-order valence-corrected chi connectivity index (χ0v) is 13.1. The van der Waals surface area contributed by atoms with Gasteiger partial charge in [0.15, 0.2) is 11.5 Å². The average molecular weight is 306 g/mol. The van der Waals surface area contributed by atoms with Crippen LogP contribution in [-0.4, -0.2) is 19.8 Å². The number of rotatable bonds is 7. The molecule has 0 saturated carbocycles. The molecule has 0 aliphatic carbocycles. The minimum absolute atomic E-state index is 0.536. The lowest BCUT2D eigenvalue weighted by atomic mass is 10.2. The molecule has 0 atom stereocenters. The summed E-state index contributed by atoms with van der Waals surface area (Å²) >= 11 is 6.17. The first-order chi connectivity index (χ1) is 10.2. The Morgan fingerprint density at radius 3 is 2.38 bits per heavy atom. The number of hydrogen-bond acceptors (Lipinski definition) is 3. The van der Waals surface area contributed by atoms with Gasteiger partial charge in [-0.3, -0.25) is 0 Å². The third-order valence-electron chi connectivity index (χ3n) is 3.03. The Kier molecular flexibility index (Phi) is 5.76.